The predicted molar refractivity (Wildman–Crippen MR) is 127 cm³/mol. The molecule has 9 nitrogen and oxygen atoms in total. The van der Waals surface area contributed by atoms with Crippen molar-refractivity contribution < 1.29 is 23.0 Å². The topological polar surface area (TPSA) is 101 Å². The Morgan fingerprint density at radius 3 is 2.44 bits per heavy atom. The molecule has 1 saturated carbocycles. The molecular formula is C24H30F3N7O2. The molecule has 3 atom stereocenters. The number of aromatic nitrogens is 5. The summed E-state index contributed by atoms with van der Waals surface area (Å²) >= 11 is 0. The van der Waals surface area contributed by atoms with Gasteiger partial charge in [-0.2, -0.15) is 22.7 Å². The second kappa shape index (κ2) is 8.75. The van der Waals surface area contributed by atoms with Gasteiger partial charge < -0.3 is 20.1 Å². The van der Waals surface area contributed by atoms with Gasteiger partial charge in [-0.05, 0) is 58.4 Å². The maximum Gasteiger partial charge on any atom is 0.425 e. The Bertz CT molecular complexity index is 1240. The van der Waals surface area contributed by atoms with Gasteiger partial charge in [0.1, 0.15) is 12.1 Å². The van der Waals surface area contributed by atoms with Crippen LogP contribution in [0.15, 0.2) is 24.5 Å². The van der Waals surface area contributed by atoms with E-state index in [-0.39, 0.29) is 17.6 Å². The Morgan fingerprint density at radius 2 is 1.83 bits per heavy atom. The predicted octanol–water partition coefficient (Wildman–Crippen LogP) is 3.71. The number of alkyl halides is 3. The van der Waals surface area contributed by atoms with Gasteiger partial charge in [0.2, 0.25) is 11.8 Å². The highest BCUT2D eigenvalue weighted by Crippen LogP contribution is 2.40. The number of rotatable bonds is 6. The minimum atomic E-state index is -4.53. The highest BCUT2D eigenvalue weighted by Gasteiger charge is 2.43. The van der Waals surface area contributed by atoms with Crippen LogP contribution in [0.2, 0.25) is 0 Å². The summed E-state index contributed by atoms with van der Waals surface area (Å²) in [5, 5.41) is 18.5. The van der Waals surface area contributed by atoms with Crippen molar-refractivity contribution in [2.45, 2.75) is 64.5 Å². The number of piperidine rings is 1. The van der Waals surface area contributed by atoms with Gasteiger partial charge in [-0.1, -0.05) is 0 Å². The number of ether oxygens (including phenoxy) is 1. The van der Waals surface area contributed by atoms with Crippen molar-refractivity contribution in [2.75, 3.05) is 23.3 Å². The van der Waals surface area contributed by atoms with Gasteiger partial charge >= 0.3 is 6.18 Å². The first-order valence-corrected chi connectivity index (χ1v) is 12.1. The van der Waals surface area contributed by atoms with Crippen molar-refractivity contribution in [3.63, 3.8) is 0 Å². The molecule has 0 radical (unpaired) electrons. The van der Waals surface area contributed by atoms with Crippen molar-refractivity contribution in [1.82, 2.24) is 24.6 Å². The van der Waals surface area contributed by atoms with Crippen LogP contribution in [0.4, 0.5) is 24.9 Å². The third-order valence-electron chi connectivity index (χ3n) is 7.11. The molecule has 2 fully saturated rings. The molecule has 194 valence electrons. The zero-order chi connectivity index (χ0) is 25.8. The smallest absolute Gasteiger partial charge is 0.425 e. The molecule has 2 N–H and O–H groups in total. The van der Waals surface area contributed by atoms with Crippen molar-refractivity contribution in [3.8, 4) is 5.88 Å². The van der Waals surface area contributed by atoms with E-state index in [0.717, 1.165) is 44.4 Å². The van der Waals surface area contributed by atoms with Gasteiger partial charge in [0, 0.05) is 42.5 Å². The highest BCUT2D eigenvalue weighted by atomic mass is 19.4. The first-order chi connectivity index (χ1) is 16.9. The van der Waals surface area contributed by atoms with Crippen LogP contribution in [0.5, 0.6) is 5.88 Å². The summed E-state index contributed by atoms with van der Waals surface area (Å²) in [6.45, 7) is 7.71. The number of halogens is 3. The van der Waals surface area contributed by atoms with E-state index in [1.807, 2.05) is 13.0 Å². The molecule has 1 aliphatic carbocycles. The molecule has 1 aliphatic heterocycles. The van der Waals surface area contributed by atoms with Crippen molar-refractivity contribution in [1.29, 1.82) is 0 Å². The maximum absolute atomic E-state index is 13.2. The summed E-state index contributed by atoms with van der Waals surface area (Å²) in [4.78, 5) is 15.5. The summed E-state index contributed by atoms with van der Waals surface area (Å²) in [5.74, 6) is 1.78. The van der Waals surface area contributed by atoms with E-state index in [0.29, 0.717) is 23.3 Å². The van der Waals surface area contributed by atoms with E-state index in [1.165, 1.54) is 16.6 Å². The SMILES string of the molecule is Cc1cc(N2CC3CCC(C2)C3Nc2nc3c(C(C)(C)O)ccc(O[C@@H](C)C(F)(F)F)n3n2)ncn1. The molecule has 2 aliphatic rings. The molecule has 12 heteroatoms. The monoisotopic (exact) mass is 505 g/mol. The number of nitrogens with zero attached hydrogens (tertiary/aromatic N) is 6. The fourth-order valence-corrected chi connectivity index (χ4v) is 5.22. The van der Waals surface area contributed by atoms with Crippen LogP contribution in [0.3, 0.4) is 0 Å². The summed E-state index contributed by atoms with van der Waals surface area (Å²) in [6.07, 6.45) is -2.89. The molecule has 4 heterocycles. The number of hydrogen-bond acceptors (Lipinski definition) is 8. The maximum atomic E-state index is 13.2. The summed E-state index contributed by atoms with van der Waals surface area (Å²) in [6, 6.07) is 5.01. The van der Waals surface area contributed by atoms with Gasteiger partial charge in [0.15, 0.2) is 11.8 Å². The van der Waals surface area contributed by atoms with E-state index < -0.39 is 17.9 Å². The molecule has 2 bridgehead atoms. The Balaban J connectivity index is 1.42. The highest BCUT2D eigenvalue weighted by molar-refractivity contribution is 5.56. The Kier molecular flexibility index (Phi) is 5.97. The van der Waals surface area contributed by atoms with E-state index >= 15 is 0 Å². The quantitative estimate of drug-likeness (QED) is 0.523. The van der Waals surface area contributed by atoms with Crippen molar-refractivity contribution in [2.24, 2.45) is 11.8 Å². The first kappa shape index (κ1) is 24.5. The van der Waals surface area contributed by atoms with Crippen LogP contribution in [0, 0.1) is 18.8 Å². The van der Waals surface area contributed by atoms with Crippen LogP contribution in [-0.2, 0) is 5.60 Å². The minimum Gasteiger partial charge on any atom is -0.465 e. The number of nitrogens with one attached hydrogen (secondary N) is 1. The fourth-order valence-electron chi connectivity index (χ4n) is 5.22. The normalized spacial score (nSPS) is 23.2. The number of fused-ring (bicyclic) bond motifs is 3. The average Bonchev–Trinajstić information content (AvgIpc) is 3.29. The molecule has 3 aromatic rings. The van der Waals surface area contributed by atoms with Crippen molar-refractivity contribution in [3.05, 3.63) is 35.8 Å². The second-order valence-electron chi connectivity index (χ2n) is 10.3. The van der Waals surface area contributed by atoms with E-state index in [9.17, 15) is 18.3 Å². The van der Waals surface area contributed by atoms with Gasteiger partial charge in [0.25, 0.3) is 0 Å². The van der Waals surface area contributed by atoms with Crippen molar-refractivity contribution >= 4 is 17.4 Å². The summed E-state index contributed by atoms with van der Waals surface area (Å²) in [7, 11) is 0. The van der Waals surface area contributed by atoms with E-state index in [4.69, 9.17) is 4.74 Å². The molecule has 3 aromatic heterocycles. The van der Waals surface area contributed by atoms with Crippen LogP contribution in [0.25, 0.3) is 5.65 Å². The summed E-state index contributed by atoms with van der Waals surface area (Å²) in [5.41, 5.74) is 0.326. The third-order valence-corrected chi connectivity index (χ3v) is 7.11. The lowest BCUT2D eigenvalue weighted by atomic mass is 9.92. The lowest BCUT2D eigenvalue weighted by Gasteiger charge is -2.38. The first-order valence-electron chi connectivity index (χ1n) is 12.1. The number of aliphatic hydroxyl groups is 1. The molecule has 0 amide bonds. The van der Waals surface area contributed by atoms with Crippen LogP contribution in [-0.4, -0.2) is 61.1 Å². The zero-order valence-corrected chi connectivity index (χ0v) is 20.6. The number of aryl methyl sites for hydroxylation is 1. The lowest BCUT2D eigenvalue weighted by Crippen LogP contribution is -2.48. The van der Waals surface area contributed by atoms with E-state index in [1.54, 1.807) is 20.2 Å². The average molecular weight is 506 g/mol. The number of anilines is 2. The number of pyridine rings is 1. The fraction of sp³-hybridized carbons (Fsp3) is 0.583. The zero-order valence-electron chi connectivity index (χ0n) is 20.6. The summed E-state index contributed by atoms with van der Waals surface area (Å²) < 4.78 is 45.9. The molecule has 5 rings (SSSR count). The van der Waals surface area contributed by atoms with Gasteiger partial charge in [-0.3, -0.25) is 0 Å². The van der Waals surface area contributed by atoms with E-state index in [2.05, 4.69) is 30.3 Å². The number of hydrogen-bond donors (Lipinski definition) is 2. The largest absolute Gasteiger partial charge is 0.465 e. The van der Waals surface area contributed by atoms with Gasteiger partial charge in [-0.25, -0.2) is 9.97 Å². The van der Waals surface area contributed by atoms with Crippen LogP contribution < -0.4 is 15.0 Å². The third kappa shape index (κ3) is 4.65. The van der Waals surface area contributed by atoms with Gasteiger partial charge in [-0.15, -0.1) is 5.10 Å². The minimum absolute atomic E-state index is 0.0969. The Hall–Kier alpha value is -3.15. The second-order valence-corrected chi connectivity index (χ2v) is 10.3. The molecule has 2 unspecified atom stereocenters. The molecule has 1 saturated heterocycles. The molecule has 36 heavy (non-hydrogen) atoms. The van der Waals surface area contributed by atoms with Crippen LogP contribution in [0.1, 0.15) is 44.9 Å². The molecular weight excluding hydrogens is 475 g/mol. The van der Waals surface area contributed by atoms with Crippen LogP contribution >= 0.6 is 0 Å². The van der Waals surface area contributed by atoms with Gasteiger partial charge in [0.05, 0.1) is 5.60 Å². The standard InChI is InChI=1S/C24H30F3N7O2/c1-13-9-18(29-12-28-13)33-10-15-5-6-16(11-33)20(15)30-22-31-21-17(23(3,4)35)7-8-19(34(21)32-22)36-14(2)24(25,26)27/h7-9,12,14-16,20,35H,5-6,10-11H2,1-4H3,(H,30,32)/t14-,15?,16?,20?/m0/s1. The molecule has 0 aromatic carbocycles. The lowest BCUT2D eigenvalue weighted by molar-refractivity contribution is -0.190. The Labute approximate surface area is 206 Å². The molecule has 0 spiro atoms. The Morgan fingerprint density at radius 1 is 1.14 bits per heavy atom.